The molecule has 112 valence electrons. The van der Waals surface area contributed by atoms with Gasteiger partial charge in [-0.25, -0.2) is 0 Å². The quantitative estimate of drug-likeness (QED) is 0.662. The van der Waals surface area contributed by atoms with E-state index in [-0.39, 0.29) is 30.8 Å². The summed E-state index contributed by atoms with van der Waals surface area (Å²) in [6.07, 6.45) is 0. The maximum absolute atomic E-state index is 11.6. The maximum Gasteiger partial charge on any atom is 0.238 e. The van der Waals surface area contributed by atoms with Crippen LogP contribution in [0, 0.1) is 0 Å². The molecule has 0 fully saturated rings. The molecule has 0 bridgehead atoms. The Morgan fingerprint density at radius 1 is 1.20 bits per heavy atom. The van der Waals surface area contributed by atoms with Gasteiger partial charge in [0.1, 0.15) is 0 Å². The largest absolute Gasteiger partial charge is 0.383 e. The lowest BCUT2D eigenvalue weighted by Crippen LogP contribution is -2.30. The molecular formula is C13H20ClN3O3. The number of hydrogen-bond donors (Lipinski definition) is 3. The number of amides is 2. The highest BCUT2D eigenvalue weighted by atomic mass is 35.5. The van der Waals surface area contributed by atoms with Crippen LogP contribution in [0.3, 0.4) is 0 Å². The molecule has 0 saturated carbocycles. The molecule has 6 nitrogen and oxygen atoms in total. The fourth-order valence-corrected chi connectivity index (χ4v) is 1.46. The molecule has 2 amide bonds. The molecule has 20 heavy (non-hydrogen) atoms. The molecule has 0 atom stereocenters. The highest BCUT2D eigenvalue weighted by molar-refractivity contribution is 5.94. The summed E-state index contributed by atoms with van der Waals surface area (Å²) in [5.74, 6) is -0.291. The molecule has 0 aliphatic heterocycles. The molecular weight excluding hydrogens is 282 g/mol. The number of anilines is 2. The Kier molecular flexibility index (Phi) is 9.36. The minimum Gasteiger partial charge on any atom is -0.383 e. The Morgan fingerprint density at radius 3 is 2.45 bits per heavy atom. The van der Waals surface area contributed by atoms with Gasteiger partial charge in [-0.3, -0.25) is 9.59 Å². The van der Waals surface area contributed by atoms with E-state index >= 15 is 0 Å². The minimum absolute atomic E-state index is 0. The SMILES string of the molecule is COCCNCC(=O)Nc1cccc(NC(C)=O)c1.Cl. The Hall–Kier alpha value is -1.63. The van der Waals surface area contributed by atoms with Crippen molar-refractivity contribution in [2.24, 2.45) is 0 Å². The van der Waals surface area contributed by atoms with Crippen LogP contribution in [0.4, 0.5) is 11.4 Å². The van der Waals surface area contributed by atoms with Gasteiger partial charge in [-0.2, -0.15) is 0 Å². The van der Waals surface area contributed by atoms with Crippen LogP contribution in [-0.2, 0) is 14.3 Å². The molecule has 1 rings (SSSR count). The monoisotopic (exact) mass is 301 g/mol. The Balaban J connectivity index is 0.00000361. The molecule has 0 aliphatic rings. The molecule has 0 spiro atoms. The normalized spacial score (nSPS) is 9.50. The summed E-state index contributed by atoms with van der Waals surface area (Å²) in [4.78, 5) is 22.5. The fraction of sp³-hybridized carbons (Fsp3) is 0.385. The first kappa shape index (κ1) is 18.4. The second-order valence-electron chi connectivity index (χ2n) is 3.98. The molecule has 3 N–H and O–H groups in total. The molecule has 0 saturated heterocycles. The first-order valence-electron chi connectivity index (χ1n) is 5.99. The number of hydrogen-bond acceptors (Lipinski definition) is 4. The van der Waals surface area contributed by atoms with E-state index in [1.807, 2.05) is 0 Å². The van der Waals surface area contributed by atoms with E-state index in [1.54, 1.807) is 31.4 Å². The lowest BCUT2D eigenvalue weighted by molar-refractivity contribution is -0.115. The van der Waals surface area contributed by atoms with Crippen molar-refractivity contribution in [3.63, 3.8) is 0 Å². The molecule has 0 aliphatic carbocycles. The predicted molar refractivity (Wildman–Crippen MR) is 81.4 cm³/mol. The first-order valence-corrected chi connectivity index (χ1v) is 5.99. The van der Waals surface area contributed by atoms with Gasteiger partial charge in [-0.1, -0.05) is 6.07 Å². The van der Waals surface area contributed by atoms with Gasteiger partial charge in [0.15, 0.2) is 0 Å². The first-order chi connectivity index (χ1) is 9.11. The number of nitrogens with one attached hydrogen (secondary N) is 3. The van der Waals surface area contributed by atoms with Crippen molar-refractivity contribution in [3.05, 3.63) is 24.3 Å². The van der Waals surface area contributed by atoms with Gasteiger partial charge in [0.05, 0.1) is 13.2 Å². The van der Waals surface area contributed by atoms with Gasteiger partial charge in [0.2, 0.25) is 11.8 Å². The lowest BCUT2D eigenvalue weighted by atomic mass is 10.2. The molecule has 0 aromatic heterocycles. The highest BCUT2D eigenvalue weighted by Gasteiger charge is 2.03. The van der Waals surface area contributed by atoms with Crippen molar-refractivity contribution in [1.82, 2.24) is 5.32 Å². The van der Waals surface area contributed by atoms with E-state index in [1.165, 1.54) is 6.92 Å². The number of ether oxygens (including phenoxy) is 1. The van der Waals surface area contributed by atoms with Gasteiger partial charge in [-0.15, -0.1) is 12.4 Å². The zero-order valence-corrected chi connectivity index (χ0v) is 12.4. The molecule has 0 heterocycles. The second kappa shape index (κ2) is 10.2. The summed E-state index contributed by atoms with van der Waals surface area (Å²) < 4.78 is 4.86. The minimum atomic E-state index is -0.148. The van der Waals surface area contributed by atoms with Gasteiger partial charge >= 0.3 is 0 Å². The zero-order valence-electron chi connectivity index (χ0n) is 11.6. The summed E-state index contributed by atoms with van der Waals surface area (Å²) in [6, 6.07) is 6.99. The van der Waals surface area contributed by atoms with E-state index < -0.39 is 0 Å². The van der Waals surface area contributed by atoms with E-state index in [0.717, 1.165) is 0 Å². The van der Waals surface area contributed by atoms with Crippen LogP contribution in [-0.4, -0.2) is 38.6 Å². The average molecular weight is 302 g/mol. The smallest absolute Gasteiger partial charge is 0.238 e. The summed E-state index contributed by atoms with van der Waals surface area (Å²) in [6.45, 7) is 2.83. The van der Waals surface area contributed by atoms with Crippen molar-refractivity contribution in [1.29, 1.82) is 0 Å². The second-order valence-corrected chi connectivity index (χ2v) is 3.98. The van der Waals surface area contributed by atoms with Gasteiger partial charge in [-0.05, 0) is 18.2 Å². The number of rotatable bonds is 7. The van der Waals surface area contributed by atoms with E-state index in [2.05, 4.69) is 16.0 Å². The topological polar surface area (TPSA) is 79.5 Å². The van der Waals surface area contributed by atoms with E-state index in [9.17, 15) is 9.59 Å². The standard InChI is InChI=1S/C13H19N3O3.ClH/c1-10(17)15-11-4-3-5-12(8-11)16-13(18)9-14-6-7-19-2;/h3-5,8,14H,6-7,9H2,1-2H3,(H,15,17)(H,16,18);1H. The third-order valence-corrected chi connectivity index (χ3v) is 2.24. The Bertz CT molecular complexity index is 441. The third-order valence-electron chi connectivity index (χ3n) is 2.24. The van der Waals surface area contributed by atoms with Crippen molar-refractivity contribution in [2.45, 2.75) is 6.92 Å². The van der Waals surface area contributed by atoms with Crippen LogP contribution in [0.2, 0.25) is 0 Å². The third kappa shape index (κ3) is 7.73. The van der Waals surface area contributed by atoms with Crippen molar-refractivity contribution < 1.29 is 14.3 Å². The van der Waals surface area contributed by atoms with Gasteiger partial charge < -0.3 is 20.7 Å². The van der Waals surface area contributed by atoms with E-state index in [0.29, 0.717) is 24.5 Å². The molecule has 1 aromatic carbocycles. The maximum atomic E-state index is 11.6. The summed E-state index contributed by atoms with van der Waals surface area (Å²) in [5, 5.41) is 8.34. The average Bonchev–Trinajstić information content (AvgIpc) is 2.34. The molecule has 0 radical (unpaired) electrons. The van der Waals surface area contributed by atoms with E-state index in [4.69, 9.17) is 4.74 Å². The van der Waals surface area contributed by atoms with Crippen molar-refractivity contribution >= 4 is 35.6 Å². The van der Waals surface area contributed by atoms with Crippen LogP contribution in [0.1, 0.15) is 6.92 Å². The number of carbonyl (C=O) groups excluding carboxylic acids is 2. The molecule has 7 heteroatoms. The summed E-state index contributed by atoms with van der Waals surface area (Å²) >= 11 is 0. The van der Waals surface area contributed by atoms with Crippen LogP contribution >= 0.6 is 12.4 Å². The number of methoxy groups -OCH3 is 1. The van der Waals surface area contributed by atoms with Crippen LogP contribution < -0.4 is 16.0 Å². The summed E-state index contributed by atoms with van der Waals surface area (Å²) in [7, 11) is 1.61. The van der Waals surface area contributed by atoms with Crippen molar-refractivity contribution in [2.75, 3.05) is 37.4 Å². The highest BCUT2D eigenvalue weighted by Crippen LogP contribution is 2.14. The summed E-state index contributed by atoms with van der Waals surface area (Å²) in [5.41, 5.74) is 1.29. The Morgan fingerprint density at radius 2 is 1.85 bits per heavy atom. The van der Waals surface area contributed by atoms with Gasteiger partial charge in [0, 0.05) is 32.0 Å². The lowest BCUT2D eigenvalue weighted by Gasteiger charge is -2.08. The van der Waals surface area contributed by atoms with Crippen LogP contribution in [0.25, 0.3) is 0 Å². The number of carbonyl (C=O) groups is 2. The predicted octanol–water partition coefficient (Wildman–Crippen LogP) is 1.24. The fourth-order valence-electron chi connectivity index (χ4n) is 1.46. The van der Waals surface area contributed by atoms with Gasteiger partial charge in [0.25, 0.3) is 0 Å². The molecule has 1 aromatic rings. The van der Waals surface area contributed by atoms with Crippen LogP contribution in [0.5, 0.6) is 0 Å². The van der Waals surface area contributed by atoms with Crippen molar-refractivity contribution in [3.8, 4) is 0 Å². The Labute approximate surface area is 124 Å². The number of halogens is 1. The molecule has 0 unspecified atom stereocenters. The van der Waals surface area contributed by atoms with Crippen LogP contribution in [0.15, 0.2) is 24.3 Å². The number of benzene rings is 1. The zero-order chi connectivity index (χ0) is 14.1.